The average Bonchev–Trinajstić information content (AvgIpc) is 2.98. The molecule has 0 saturated heterocycles. The van der Waals surface area contributed by atoms with E-state index in [2.05, 4.69) is 42.5 Å². The number of hydrogen-bond donors (Lipinski definition) is 1. The molecule has 0 saturated carbocycles. The molecule has 1 aromatic carbocycles. The third kappa shape index (κ3) is 3.85. The molecule has 0 spiro atoms. The number of hydrogen-bond acceptors (Lipinski definition) is 4. The Labute approximate surface area is 137 Å². The van der Waals surface area contributed by atoms with Gasteiger partial charge < -0.3 is 14.8 Å². The van der Waals surface area contributed by atoms with E-state index in [1.807, 2.05) is 17.1 Å². The Hall–Kier alpha value is -2.01. The smallest absolute Gasteiger partial charge is 0.146 e. The minimum atomic E-state index is -0.101. The second-order valence-corrected chi connectivity index (χ2v) is 6.61. The van der Waals surface area contributed by atoms with Crippen LogP contribution in [-0.2, 0) is 24.2 Å². The summed E-state index contributed by atoms with van der Waals surface area (Å²) in [6, 6.07) is 6.32. The van der Waals surface area contributed by atoms with Gasteiger partial charge in [0, 0.05) is 25.4 Å². The van der Waals surface area contributed by atoms with Gasteiger partial charge >= 0.3 is 0 Å². The fourth-order valence-electron chi connectivity index (χ4n) is 2.81. The van der Waals surface area contributed by atoms with Gasteiger partial charge in [0.15, 0.2) is 0 Å². The second kappa shape index (κ2) is 6.62. The Morgan fingerprint density at radius 1 is 1.39 bits per heavy atom. The minimum Gasteiger partial charge on any atom is -0.485 e. The van der Waals surface area contributed by atoms with Crippen molar-refractivity contribution in [3.63, 3.8) is 0 Å². The number of aromatic nitrogens is 2. The predicted molar refractivity (Wildman–Crippen MR) is 90.9 cm³/mol. The van der Waals surface area contributed by atoms with E-state index in [-0.39, 0.29) is 5.60 Å². The fourth-order valence-corrected chi connectivity index (χ4v) is 2.81. The molecule has 1 aliphatic heterocycles. The Bertz CT molecular complexity index is 664. The molecule has 3 rings (SSSR count). The topological polar surface area (TPSA) is 48.3 Å². The van der Waals surface area contributed by atoms with E-state index in [0.717, 1.165) is 42.9 Å². The number of ether oxygens (including phenoxy) is 2. The van der Waals surface area contributed by atoms with Gasteiger partial charge in [-0.05, 0) is 38.3 Å². The van der Waals surface area contributed by atoms with E-state index < -0.39 is 0 Å². The lowest BCUT2D eigenvalue weighted by atomic mass is 9.94. The third-order valence-corrected chi connectivity index (χ3v) is 4.17. The summed E-state index contributed by atoms with van der Waals surface area (Å²) >= 11 is 0. The Balaban J connectivity index is 1.68. The lowest BCUT2D eigenvalue weighted by molar-refractivity contribution is 0.0856. The zero-order valence-corrected chi connectivity index (χ0v) is 14.1. The zero-order chi connectivity index (χ0) is 16.3. The quantitative estimate of drug-likeness (QED) is 0.889. The Morgan fingerprint density at radius 3 is 3.09 bits per heavy atom. The van der Waals surface area contributed by atoms with Gasteiger partial charge in [-0.1, -0.05) is 12.1 Å². The van der Waals surface area contributed by atoms with Crippen LogP contribution in [0.2, 0.25) is 0 Å². The van der Waals surface area contributed by atoms with Gasteiger partial charge in [-0.3, -0.25) is 4.68 Å². The van der Waals surface area contributed by atoms with Crippen LogP contribution in [0.4, 0.5) is 5.69 Å². The highest BCUT2D eigenvalue weighted by Crippen LogP contribution is 2.38. The number of fused-ring (bicyclic) bond motifs is 1. The molecule has 0 unspecified atom stereocenters. The highest BCUT2D eigenvalue weighted by molar-refractivity contribution is 5.61. The Morgan fingerprint density at radius 2 is 2.26 bits per heavy atom. The van der Waals surface area contributed by atoms with E-state index in [9.17, 15) is 0 Å². The molecule has 1 aliphatic rings. The first kappa shape index (κ1) is 15.9. The van der Waals surface area contributed by atoms with Gasteiger partial charge in [0.2, 0.25) is 0 Å². The number of para-hydroxylation sites is 1. The van der Waals surface area contributed by atoms with E-state index >= 15 is 0 Å². The van der Waals surface area contributed by atoms with Crippen molar-refractivity contribution in [2.24, 2.45) is 0 Å². The summed E-state index contributed by atoms with van der Waals surface area (Å²) in [6.07, 6.45) is 6.05. The summed E-state index contributed by atoms with van der Waals surface area (Å²) in [5.74, 6) is 0.996. The molecule has 5 nitrogen and oxygen atoms in total. The standard InChI is InChI=1S/C18H25N3O2/c1-18(2)8-7-15-5-4-6-16(17(15)23-18)19-11-14-12-20-21(13-14)9-10-22-3/h4-6,12-13,19H,7-11H2,1-3H3. The van der Waals surface area contributed by atoms with Crippen molar-refractivity contribution in [2.75, 3.05) is 19.0 Å². The molecule has 0 aliphatic carbocycles. The molecule has 1 N–H and O–H groups in total. The number of anilines is 1. The summed E-state index contributed by atoms with van der Waals surface area (Å²) < 4.78 is 13.2. The maximum atomic E-state index is 6.20. The van der Waals surface area contributed by atoms with Gasteiger partial charge in [0.05, 0.1) is 25.0 Å². The molecule has 0 fully saturated rings. The zero-order valence-electron chi connectivity index (χ0n) is 14.1. The van der Waals surface area contributed by atoms with Crippen molar-refractivity contribution in [2.45, 2.75) is 45.4 Å². The third-order valence-electron chi connectivity index (χ3n) is 4.17. The highest BCUT2D eigenvalue weighted by atomic mass is 16.5. The van der Waals surface area contributed by atoms with Gasteiger partial charge in [-0.15, -0.1) is 0 Å². The van der Waals surface area contributed by atoms with Crippen LogP contribution in [-0.4, -0.2) is 29.1 Å². The SMILES string of the molecule is COCCn1cc(CNc2cccc3c2OC(C)(C)CC3)cn1. The first-order valence-corrected chi connectivity index (χ1v) is 8.12. The van der Waals surface area contributed by atoms with Crippen LogP contribution in [0, 0.1) is 0 Å². The number of nitrogens with one attached hydrogen (secondary N) is 1. The van der Waals surface area contributed by atoms with Crippen LogP contribution in [0.25, 0.3) is 0 Å². The van der Waals surface area contributed by atoms with Crippen molar-refractivity contribution < 1.29 is 9.47 Å². The summed E-state index contributed by atoms with van der Waals surface area (Å²) in [4.78, 5) is 0. The van der Waals surface area contributed by atoms with Crippen molar-refractivity contribution in [3.8, 4) is 5.75 Å². The van der Waals surface area contributed by atoms with Crippen molar-refractivity contribution >= 4 is 5.69 Å². The van der Waals surface area contributed by atoms with Gasteiger partial charge in [-0.25, -0.2) is 0 Å². The molecule has 23 heavy (non-hydrogen) atoms. The van der Waals surface area contributed by atoms with Crippen molar-refractivity contribution in [1.29, 1.82) is 0 Å². The maximum Gasteiger partial charge on any atom is 0.146 e. The first-order valence-electron chi connectivity index (χ1n) is 8.12. The Kier molecular flexibility index (Phi) is 4.57. The van der Waals surface area contributed by atoms with Crippen LogP contribution >= 0.6 is 0 Å². The van der Waals surface area contributed by atoms with E-state index in [0.29, 0.717) is 6.61 Å². The summed E-state index contributed by atoms with van der Waals surface area (Å²) in [7, 11) is 1.70. The summed E-state index contributed by atoms with van der Waals surface area (Å²) in [5.41, 5.74) is 3.38. The average molecular weight is 315 g/mol. The lowest BCUT2D eigenvalue weighted by Gasteiger charge is -2.33. The van der Waals surface area contributed by atoms with Gasteiger partial charge in [-0.2, -0.15) is 5.10 Å². The molecule has 5 heteroatoms. The van der Waals surface area contributed by atoms with Crippen molar-refractivity contribution in [1.82, 2.24) is 9.78 Å². The molecule has 0 atom stereocenters. The van der Waals surface area contributed by atoms with E-state index in [1.54, 1.807) is 7.11 Å². The fraction of sp³-hybridized carbons (Fsp3) is 0.500. The van der Waals surface area contributed by atoms with Crippen LogP contribution < -0.4 is 10.1 Å². The molecule has 0 amide bonds. The number of aryl methyl sites for hydroxylation is 1. The first-order chi connectivity index (χ1) is 11.1. The number of nitrogens with zero attached hydrogens (tertiary/aromatic N) is 2. The molecule has 0 bridgehead atoms. The van der Waals surface area contributed by atoms with Gasteiger partial charge in [0.25, 0.3) is 0 Å². The monoisotopic (exact) mass is 315 g/mol. The largest absolute Gasteiger partial charge is 0.485 e. The van der Waals surface area contributed by atoms with Gasteiger partial charge in [0.1, 0.15) is 11.4 Å². The van der Waals surface area contributed by atoms with Crippen LogP contribution in [0.15, 0.2) is 30.6 Å². The summed E-state index contributed by atoms with van der Waals surface area (Å²) in [6.45, 7) is 6.46. The molecular weight excluding hydrogens is 290 g/mol. The number of benzene rings is 1. The maximum absolute atomic E-state index is 6.20. The van der Waals surface area contributed by atoms with E-state index in [1.165, 1.54) is 5.56 Å². The minimum absolute atomic E-state index is 0.101. The molecule has 2 heterocycles. The summed E-state index contributed by atoms with van der Waals surface area (Å²) in [5, 5.41) is 7.83. The molecular formula is C18H25N3O2. The molecule has 124 valence electrons. The van der Waals surface area contributed by atoms with E-state index in [4.69, 9.17) is 9.47 Å². The lowest BCUT2D eigenvalue weighted by Crippen LogP contribution is -2.33. The second-order valence-electron chi connectivity index (χ2n) is 6.61. The van der Waals surface area contributed by atoms with Crippen LogP contribution in [0.1, 0.15) is 31.4 Å². The highest BCUT2D eigenvalue weighted by Gasteiger charge is 2.28. The molecule has 0 radical (unpaired) electrons. The molecule has 2 aromatic rings. The normalized spacial score (nSPS) is 15.8. The van der Waals surface area contributed by atoms with Crippen LogP contribution in [0.5, 0.6) is 5.75 Å². The number of rotatable bonds is 6. The van der Waals surface area contributed by atoms with Crippen molar-refractivity contribution in [3.05, 3.63) is 41.7 Å². The van der Waals surface area contributed by atoms with Crippen LogP contribution in [0.3, 0.4) is 0 Å². The predicted octanol–water partition coefficient (Wildman–Crippen LogP) is 3.25. The number of methoxy groups -OCH3 is 1. The molecule has 1 aromatic heterocycles.